The highest BCUT2D eigenvalue weighted by molar-refractivity contribution is 6.06. The second-order valence-corrected chi connectivity index (χ2v) is 8.92. The summed E-state index contributed by atoms with van der Waals surface area (Å²) in [5.74, 6) is -5.33. The molecule has 184 valence electrons. The largest absolute Gasteiger partial charge is 0.368 e. The number of benzene rings is 2. The Kier molecular flexibility index (Phi) is 7.07. The zero-order valence-electron chi connectivity index (χ0n) is 19.4. The zero-order chi connectivity index (χ0) is 25.3. The first-order chi connectivity index (χ1) is 16.7. The van der Waals surface area contributed by atoms with Gasteiger partial charge in [-0.05, 0) is 54.7 Å². The molecule has 1 aliphatic heterocycles. The molecule has 0 aliphatic carbocycles. The molecule has 1 amide bonds. The lowest BCUT2D eigenvalue weighted by atomic mass is 9.96. The minimum absolute atomic E-state index is 0.0449. The molecule has 0 bridgehead atoms. The van der Waals surface area contributed by atoms with Crippen LogP contribution in [0.5, 0.6) is 0 Å². The average Bonchev–Trinajstić information content (AvgIpc) is 2.80. The number of aromatic nitrogens is 1. The van der Waals surface area contributed by atoms with Gasteiger partial charge < -0.3 is 16.0 Å². The van der Waals surface area contributed by atoms with E-state index in [2.05, 4.69) is 17.2 Å². The first kappa shape index (κ1) is 24.7. The number of carbonyl (C=O) groups excluding carboxylic acids is 1. The Hall–Kier alpha value is -3.46. The van der Waals surface area contributed by atoms with Gasteiger partial charge in [0.2, 0.25) is 0 Å². The maximum Gasteiger partial charge on any atom is 0.258 e. The van der Waals surface area contributed by atoms with Gasteiger partial charge in [-0.2, -0.15) is 0 Å². The number of piperidine rings is 1. The fraction of sp³-hybridized carbons (Fsp3) is 0.308. The lowest BCUT2D eigenvalue weighted by Gasteiger charge is -2.37. The summed E-state index contributed by atoms with van der Waals surface area (Å²) < 4.78 is 59.3. The summed E-state index contributed by atoms with van der Waals surface area (Å²) in [6, 6.07) is 5.47. The predicted molar refractivity (Wildman–Crippen MR) is 127 cm³/mol. The molecule has 9 heteroatoms. The summed E-state index contributed by atoms with van der Waals surface area (Å²) in [6.45, 7) is 5.05. The fourth-order valence-corrected chi connectivity index (χ4v) is 4.57. The van der Waals surface area contributed by atoms with Gasteiger partial charge in [-0.3, -0.25) is 9.78 Å². The molecule has 0 radical (unpaired) electrons. The number of hydrogen-bond acceptors (Lipinski definition) is 4. The monoisotopic (exact) mass is 486 g/mol. The Bertz CT molecular complexity index is 1230. The smallest absolute Gasteiger partial charge is 0.258 e. The molecule has 0 unspecified atom stereocenters. The SMILES string of the molecule is CCc1cc(F)c(-c2c(F)ccc(C(=O)Nc3cnccc3N3C[C@H](C)C[C@H](N)C3)c2F)c(F)c1. The van der Waals surface area contributed by atoms with Crippen molar-refractivity contribution in [1.29, 1.82) is 0 Å². The van der Waals surface area contributed by atoms with Gasteiger partial charge in [0.15, 0.2) is 0 Å². The maximum absolute atomic E-state index is 15.4. The molecule has 1 aromatic heterocycles. The molecule has 3 N–H and O–H groups in total. The van der Waals surface area contributed by atoms with E-state index < -0.39 is 45.9 Å². The molecule has 0 spiro atoms. The number of pyridine rings is 1. The number of halogens is 4. The number of rotatable bonds is 5. The molecule has 5 nitrogen and oxygen atoms in total. The quantitative estimate of drug-likeness (QED) is 0.481. The highest BCUT2D eigenvalue weighted by atomic mass is 19.1. The van der Waals surface area contributed by atoms with Gasteiger partial charge in [-0.1, -0.05) is 13.8 Å². The second kappa shape index (κ2) is 10.0. The van der Waals surface area contributed by atoms with E-state index >= 15 is 4.39 Å². The number of nitrogens with two attached hydrogens (primary N) is 1. The normalized spacial score (nSPS) is 18.0. The summed E-state index contributed by atoms with van der Waals surface area (Å²) in [7, 11) is 0. The van der Waals surface area contributed by atoms with Gasteiger partial charge in [-0.25, -0.2) is 17.6 Å². The third-order valence-electron chi connectivity index (χ3n) is 6.17. The van der Waals surface area contributed by atoms with Crippen LogP contribution in [0.1, 0.15) is 36.2 Å². The Morgan fingerprint density at radius 3 is 2.46 bits per heavy atom. The van der Waals surface area contributed by atoms with E-state index in [4.69, 9.17) is 5.73 Å². The van der Waals surface area contributed by atoms with E-state index in [1.54, 1.807) is 19.2 Å². The van der Waals surface area contributed by atoms with Gasteiger partial charge in [0, 0.05) is 25.3 Å². The van der Waals surface area contributed by atoms with Crippen molar-refractivity contribution in [2.75, 3.05) is 23.3 Å². The van der Waals surface area contributed by atoms with Crippen LogP contribution in [-0.2, 0) is 6.42 Å². The van der Waals surface area contributed by atoms with Crippen molar-refractivity contribution in [3.05, 3.63) is 77.1 Å². The number of nitrogens with one attached hydrogen (secondary N) is 1. The molecule has 1 saturated heterocycles. The zero-order valence-corrected chi connectivity index (χ0v) is 19.4. The third-order valence-corrected chi connectivity index (χ3v) is 6.17. The van der Waals surface area contributed by atoms with Crippen molar-refractivity contribution in [2.45, 2.75) is 32.7 Å². The molecule has 1 aliphatic rings. The second-order valence-electron chi connectivity index (χ2n) is 8.92. The third kappa shape index (κ3) is 5.00. The van der Waals surface area contributed by atoms with Crippen molar-refractivity contribution in [2.24, 2.45) is 11.7 Å². The van der Waals surface area contributed by atoms with Crippen LogP contribution in [0.15, 0.2) is 42.7 Å². The Morgan fingerprint density at radius 2 is 1.80 bits per heavy atom. The summed E-state index contributed by atoms with van der Waals surface area (Å²) in [5.41, 5.74) is 5.12. The number of carbonyl (C=O) groups is 1. The van der Waals surface area contributed by atoms with E-state index in [-0.39, 0.29) is 6.04 Å². The van der Waals surface area contributed by atoms with E-state index in [0.29, 0.717) is 42.4 Å². The lowest BCUT2D eigenvalue weighted by molar-refractivity contribution is 0.102. The molecular weight excluding hydrogens is 460 g/mol. The van der Waals surface area contributed by atoms with E-state index in [1.165, 1.54) is 6.20 Å². The van der Waals surface area contributed by atoms with Crippen LogP contribution in [0.2, 0.25) is 0 Å². The molecule has 35 heavy (non-hydrogen) atoms. The molecule has 2 atom stereocenters. The summed E-state index contributed by atoms with van der Waals surface area (Å²) in [6.07, 6.45) is 4.20. The topological polar surface area (TPSA) is 71.2 Å². The van der Waals surface area contributed by atoms with E-state index in [9.17, 15) is 18.0 Å². The number of nitrogens with zero attached hydrogens (tertiary/aromatic N) is 2. The van der Waals surface area contributed by atoms with Crippen molar-refractivity contribution < 1.29 is 22.4 Å². The number of aryl methyl sites for hydroxylation is 1. The molecule has 2 heterocycles. The highest BCUT2D eigenvalue weighted by Gasteiger charge is 2.27. The van der Waals surface area contributed by atoms with Gasteiger partial charge in [-0.15, -0.1) is 0 Å². The van der Waals surface area contributed by atoms with Crippen molar-refractivity contribution in [3.63, 3.8) is 0 Å². The molecule has 0 saturated carbocycles. The predicted octanol–water partition coefficient (Wildman–Crippen LogP) is 5.29. The van der Waals surface area contributed by atoms with Crippen LogP contribution in [0, 0.1) is 29.2 Å². The van der Waals surface area contributed by atoms with Gasteiger partial charge in [0.1, 0.15) is 23.3 Å². The molecular formula is C26H26F4N4O. The first-order valence-electron chi connectivity index (χ1n) is 11.4. The first-order valence-corrected chi connectivity index (χ1v) is 11.4. The molecule has 4 rings (SSSR count). The molecule has 3 aromatic rings. The minimum Gasteiger partial charge on any atom is -0.368 e. The molecule has 2 aromatic carbocycles. The van der Waals surface area contributed by atoms with Crippen molar-refractivity contribution in [1.82, 2.24) is 4.98 Å². The van der Waals surface area contributed by atoms with Crippen LogP contribution in [0.3, 0.4) is 0 Å². The van der Waals surface area contributed by atoms with Crippen LogP contribution in [0.4, 0.5) is 28.9 Å². The summed E-state index contributed by atoms with van der Waals surface area (Å²) >= 11 is 0. The van der Waals surface area contributed by atoms with Gasteiger partial charge >= 0.3 is 0 Å². The highest BCUT2D eigenvalue weighted by Crippen LogP contribution is 2.34. The van der Waals surface area contributed by atoms with Gasteiger partial charge in [0.25, 0.3) is 5.91 Å². The van der Waals surface area contributed by atoms with Crippen molar-refractivity contribution >= 4 is 17.3 Å². The standard InChI is InChI=1S/C26H26F4N4O/c1-3-15-9-19(28)23(20(29)10-15)24-18(27)5-4-17(25(24)30)26(35)33-21-11-32-7-6-22(21)34-12-14(2)8-16(31)13-34/h4-7,9-11,14,16H,3,8,12-13,31H2,1-2H3,(H,33,35)/t14-,16+/m1/s1. The van der Waals surface area contributed by atoms with Crippen LogP contribution < -0.4 is 16.0 Å². The van der Waals surface area contributed by atoms with E-state index in [1.807, 2.05) is 4.90 Å². The number of anilines is 2. The Balaban J connectivity index is 1.69. The Labute approximate surface area is 201 Å². The average molecular weight is 487 g/mol. The van der Waals surface area contributed by atoms with E-state index in [0.717, 1.165) is 30.7 Å². The Morgan fingerprint density at radius 1 is 1.09 bits per heavy atom. The minimum atomic E-state index is -1.36. The number of amides is 1. The lowest BCUT2D eigenvalue weighted by Crippen LogP contribution is -2.46. The fourth-order valence-electron chi connectivity index (χ4n) is 4.57. The number of hydrogen-bond donors (Lipinski definition) is 2. The molecule has 1 fully saturated rings. The summed E-state index contributed by atoms with van der Waals surface area (Å²) in [4.78, 5) is 19.1. The van der Waals surface area contributed by atoms with Crippen molar-refractivity contribution in [3.8, 4) is 11.1 Å². The summed E-state index contributed by atoms with van der Waals surface area (Å²) in [5, 5.41) is 2.61. The van der Waals surface area contributed by atoms with Gasteiger partial charge in [0.05, 0.1) is 34.3 Å². The van der Waals surface area contributed by atoms with Crippen LogP contribution in [0.25, 0.3) is 11.1 Å². The maximum atomic E-state index is 15.4. The van der Waals surface area contributed by atoms with Crippen LogP contribution in [-0.4, -0.2) is 30.0 Å². The van der Waals surface area contributed by atoms with Crippen LogP contribution >= 0.6 is 0 Å².